The van der Waals surface area contributed by atoms with Crippen LogP contribution in [0.1, 0.15) is 103 Å². The number of rotatable bonds is 17. The summed E-state index contributed by atoms with van der Waals surface area (Å²) in [7, 11) is -8.05. The van der Waals surface area contributed by atoms with Gasteiger partial charge < -0.3 is 8.35 Å². The Morgan fingerprint density at radius 1 is 0.579 bits per heavy atom. The molecule has 2 nitrogen and oxygen atoms in total. The molecule has 0 aromatic rings. The molecule has 230 valence electrons. The molecule has 0 spiro atoms. The van der Waals surface area contributed by atoms with Crippen molar-refractivity contribution in [1.29, 1.82) is 0 Å². The molecule has 0 aromatic carbocycles. The zero-order valence-electron chi connectivity index (χ0n) is 28.4. The third kappa shape index (κ3) is 8.95. The highest BCUT2D eigenvalue weighted by atomic mass is 35.8. The smallest absolute Gasteiger partial charge is 0.341 e. The van der Waals surface area contributed by atoms with Gasteiger partial charge in [0.2, 0.25) is 0 Å². The van der Waals surface area contributed by atoms with Crippen LogP contribution in [0.25, 0.3) is 0 Å². The quantitative estimate of drug-likeness (QED) is 0.112. The average molecular weight is 680 g/mol. The van der Waals surface area contributed by atoms with Crippen LogP contribution >= 0.6 is 33.2 Å². The second-order valence-electron chi connectivity index (χ2n) is 14.9. The highest BCUT2D eigenvalue weighted by Gasteiger charge is 2.63. The van der Waals surface area contributed by atoms with E-state index in [1.54, 1.807) is 0 Å². The van der Waals surface area contributed by atoms with Crippen molar-refractivity contribution in [3.8, 4) is 0 Å². The molecule has 0 saturated carbocycles. The summed E-state index contributed by atoms with van der Waals surface area (Å²) >= 11 is 18.7. The Hall–Kier alpha value is 1.87. The van der Waals surface area contributed by atoms with Gasteiger partial charge in [-0.15, -0.1) is 33.2 Å². The fourth-order valence-corrected chi connectivity index (χ4v) is 43.8. The molecule has 0 radical (unpaired) electrons. The maximum absolute atomic E-state index is 7.51. The van der Waals surface area contributed by atoms with Crippen LogP contribution in [0.4, 0.5) is 0 Å². The minimum Gasteiger partial charge on any atom is -0.454 e. The average Bonchev–Trinajstić information content (AvgIpc) is 2.64. The van der Waals surface area contributed by atoms with Crippen LogP contribution in [-0.4, -0.2) is 49.0 Å². The fraction of sp³-hybridized carbons (Fsp3) is 1.00. The topological polar surface area (TPSA) is 12.5 Å². The summed E-state index contributed by atoms with van der Waals surface area (Å²) in [5, 5.41) is 0. The third-order valence-corrected chi connectivity index (χ3v) is 36.7. The largest absolute Gasteiger partial charge is 0.454 e. The fourth-order valence-electron chi connectivity index (χ4n) is 9.08. The van der Waals surface area contributed by atoms with Gasteiger partial charge in [-0.2, -0.15) is 0 Å². The Kier molecular flexibility index (Phi) is 15.8. The van der Waals surface area contributed by atoms with Gasteiger partial charge >= 0.3 is 6.00 Å². The van der Waals surface area contributed by atoms with Crippen molar-refractivity contribution in [3.05, 3.63) is 0 Å². The van der Waals surface area contributed by atoms with Crippen LogP contribution in [0.2, 0.25) is 71.5 Å². The van der Waals surface area contributed by atoms with Crippen LogP contribution in [0.15, 0.2) is 0 Å². The molecule has 10 heteroatoms. The first-order valence-corrected chi connectivity index (χ1v) is 31.2. The Morgan fingerprint density at radius 2 is 0.895 bits per heavy atom. The minimum absolute atomic E-state index is 0.523. The van der Waals surface area contributed by atoms with Crippen molar-refractivity contribution >= 4 is 72.3 Å². The molecule has 0 heterocycles. The molecule has 0 aliphatic rings. The predicted molar refractivity (Wildman–Crippen MR) is 192 cm³/mol. The van der Waals surface area contributed by atoms with Crippen molar-refractivity contribution in [2.75, 3.05) is 0 Å². The van der Waals surface area contributed by atoms with E-state index in [-0.39, 0.29) is 0 Å². The van der Waals surface area contributed by atoms with Gasteiger partial charge in [0.15, 0.2) is 16.6 Å². The van der Waals surface area contributed by atoms with Gasteiger partial charge in [-0.05, 0) is 77.9 Å². The van der Waals surface area contributed by atoms with E-state index in [0.717, 1.165) is 18.5 Å². The van der Waals surface area contributed by atoms with Crippen molar-refractivity contribution in [2.24, 2.45) is 0 Å². The van der Waals surface area contributed by atoms with E-state index >= 15 is 0 Å². The summed E-state index contributed by atoms with van der Waals surface area (Å²) in [6, 6.07) is -0.785. The lowest BCUT2D eigenvalue weighted by Gasteiger charge is -2.67. The van der Waals surface area contributed by atoms with Gasteiger partial charge in [0, 0.05) is 5.67 Å². The number of hydrogen-bond donors (Lipinski definition) is 0. The Morgan fingerprint density at radius 3 is 1.13 bits per heavy atom. The van der Waals surface area contributed by atoms with Gasteiger partial charge in [0.1, 0.15) is 16.5 Å². The molecule has 0 fully saturated rings. The second kappa shape index (κ2) is 15.0. The predicted octanol–water partition coefficient (Wildman–Crippen LogP) is 12.4. The molecule has 1 atom stereocenters. The molecule has 0 amide bonds. The first kappa shape index (κ1) is 39.9. The van der Waals surface area contributed by atoms with Crippen molar-refractivity contribution < 1.29 is 4.12 Å². The Labute approximate surface area is 259 Å². The number of hydrogen-bond acceptors (Lipinski definition) is 2. The zero-order chi connectivity index (χ0) is 30.7. The molecule has 0 rings (SSSR count). The van der Waals surface area contributed by atoms with Gasteiger partial charge in [-0.25, -0.2) is 0 Å². The van der Waals surface area contributed by atoms with Crippen molar-refractivity contribution in [3.63, 3.8) is 0 Å². The number of nitrogens with zero attached hydrogens (tertiary/aromatic N) is 1. The summed E-state index contributed by atoms with van der Waals surface area (Å²) in [5.41, 5.74) is 4.63. The SMILES string of the molecule is CCC(N([Si](C(C)C)(C(C)C)C(C)C)[Si](C(C)C)(C(C)C)C(C)C)[Si](C)(C)O[Si](C)(C)CCC[Si](Cl)(Cl)Cl. The van der Waals surface area contributed by atoms with E-state index in [2.05, 4.69) is 120 Å². The molecule has 0 aromatic heterocycles. The molecular formula is C28H66Cl3NOSi5. The van der Waals surface area contributed by atoms with E-state index in [0.29, 0.717) is 38.9 Å². The van der Waals surface area contributed by atoms with Crippen LogP contribution < -0.4 is 0 Å². The highest BCUT2D eigenvalue weighted by Crippen LogP contribution is 2.56. The summed E-state index contributed by atoms with van der Waals surface area (Å²) in [5.74, 6) is 0. The summed E-state index contributed by atoms with van der Waals surface area (Å²) in [6.07, 6.45) is 2.14. The molecule has 0 aliphatic carbocycles. The second-order valence-corrected chi connectivity index (χ2v) is 44.8. The molecule has 0 saturated heterocycles. The van der Waals surface area contributed by atoms with E-state index in [9.17, 15) is 0 Å². The lowest BCUT2D eigenvalue weighted by atomic mass is 10.5. The molecular weight excluding hydrogens is 613 g/mol. The maximum Gasteiger partial charge on any atom is 0.341 e. The first-order chi connectivity index (χ1) is 16.9. The van der Waals surface area contributed by atoms with E-state index in [4.69, 9.17) is 37.4 Å². The summed E-state index contributed by atoms with van der Waals surface area (Å²) < 4.78 is 10.9. The number of halogens is 3. The van der Waals surface area contributed by atoms with Gasteiger partial charge in [-0.1, -0.05) is 96.4 Å². The van der Waals surface area contributed by atoms with Crippen LogP contribution in [0.5, 0.6) is 0 Å². The maximum atomic E-state index is 7.51. The zero-order valence-corrected chi connectivity index (χ0v) is 35.6. The minimum atomic E-state index is -2.59. The van der Waals surface area contributed by atoms with Crippen molar-refractivity contribution in [2.45, 2.75) is 180 Å². The third-order valence-electron chi connectivity index (χ3n) is 9.66. The van der Waals surface area contributed by atoms with Gasteiger partial charge in [0.25, 0.3) is 0 Å². The lowest BCUT2D eigenvalue weighted by molar-refractivity contribution is 0.401. The molecule has 0 aliphatic heterocycles. The first-order valence-electron chi connectivity index (χ1n) is 15.5. The molecule has 0 bridgehead atoms. The van der Waals surface area contributed by atoms with Crippen LogP contribution in [0, 0.1) is 0 Å². The highest BCUT2D eigenvalue weighted by molar-refractivity contribution is 7.64. The van der Waals surface area contributed by atoms with Gasteiger partial charge in [0.05, 0.1) is 0 Å². The van der Waals surface area contributed by atoms with E-state index in [1.165, 1.54) is 6.42 Å². The molecule has 38 heavy (non-hydrogen) atoms. The summed E-state index contributed by atoms with van der Waals surface area (Å²) in [6.45, 7) is 43.1. The van der Waals surface area contributed by atoms with E-state index in [1.807, 2.05) is 0 Å². The van der Waals surface area contributed by atoms with Gasteiger partial charge in [-0.3, -0.25) is 0 Å². The van der Waals surface area contributed by atoms with E-state index < -0.39 is 39.1 Å². The summed E-state index contributed by atoms with van der Waals surface area (Å²) in [4.78, 5) is 0. The Balaban J connectivity index is 7.30. The normalized spacial score (nSPS) is 15.9. The lowest BCUT2D eigenvalue weighted by Crippen LogP contribution is -2.80. The standard InChI is InChI=1S/C28H66Cl3NOSi5/c1-18-28(35(16,17)33-34(14,15)20-19-21-36(29,30)31)32(37(22(2)3,23(4)5)24(6)7)38(25(8)9,26(10)11)27(12)13/h22-28H,18-21H2,1-17H3. The van der Waals surface area contributed by atoms with Crippen molar-refractivity contribution in [1.82, 2.24) is 4.23 Å². The monoisotopic (exact) mass is 677 g/mol. The molecule has 1 unspecified atom stereocenters. The molecule has 0 N–H and O–H groups in total. The Bertz CT molecular complexity index is 634. The van der Waals surface area contributed by atoms with Crippen LogP contribution in [0.3, 0.4) is 0 Å². The van der Waals surface area contributed by atoms with Crippen LogP contribution in [-0.2, 0) is 4.12 Å².